The first-order chi connectivity index (χ1) is 12.7. The molecule has 0 aromatic carbocycles. The fraction of sp³-hybridized carbons (Fsp3) is 0.579. The Morgan fingerprint density at radius 3 is 2.89 bits per heavy atom. The molecule has 0 radical (unpaired) electrons. The molecule has 1 fully saturated rings. The van der Waals surface area contributed by atoms with E-state index in [0.29, 0.717) is 25.3 Å². The summed E-state index contributed by atoms with van der Waals surface area (Å²) in [4.78, 5) is 26.5. The van der Waals surface area contributed by atoms with E-state index in [1.807, 2.05) is 6.92 Å². The van der Waals surface area contributed by atoms with Crippen LogP contribution in [0.2, 0.25) is 0 Å². The number of hydrogen-bond acceptors (Lipinski definition) is 6. The van der Waals surface area contributed by atoms with Crippen molar-refractivity contribution in [3.05, 3.63) is 24.2 Å². The number of piperidine rings is 1. The smallest absolute Gasteiger partial charge is 0.410 e. The number of hydrogen-bond donors (Lipinski definition) is 1. The molecule has 1 aliphatic rings. The first-order valence-corrected chi connectivity index (χ1v) is 9.13. The average Bonchev–Trinajstić information content (AvgIpc) is 2.59. The molecule has 0 unspecified atom stereocenters. The van der Waals surface area contributed by atoms with Crippen LogP contribution >= 0.6 is 0 Å². The van der Waals surface area contributed by atoms with E-state index in [0.717, 1.165) is 16.5 Å². The highest BCUT2D eigenvalue weighted by Crippen LogP contribution is 2.27. The van der Waals surface area contributed by atoms with E-state index < -0.39 is 17.4 Å². The molecule has 8 heteroatoms. The van der Waals surface area contributed by atoms with Crippen molar-refractivity contribution in [2.45, 2.75) is 51.8 Å². The largest absolute Gasteiger partial charge is 0.444 e. The first kappa shape index (κ1) is 19.3. The third-order valence-corrected chi connectivity index (χ3v) is 4.41. The van der Waals surface area contributed by atoms with Crippen LogP contribution < -0.4 is 5.32 Å². The number of aromatic nitrogens is 3. The molecule has 146 valence electrons. The molecule has 0 saturated carbocycles. The maximum atomic E-state index is 15.3. The molecule has 0 aliphatic carbocycles. The third-order valence-electron chi connectivity index (χ3n) is 4.41. The van der Waals surface area contributed by atoms with E-state index in [2.05, 4.69) is 20.3 Å². The summed E-state index contributed by atoms with van der Waals surface area (Å²) in [6.45, 7) is 7.84. The van der Waals surface area contributed by atoms with Crippen molar-refractivity contribution in [3.8, 4) is 0 Å². The zero-order chi connectivity index (χ0) is 19.7. The number of carbonyl (C=O) groups is 1. The molecule has 27 heavy (non-hydrogen) atoms. The van der Waals surface area contributed by atoms with Gasteiger partial charge >= 0.3 is 6.09 Å². The molecule has 0 spiro atoms. The summed E-state index contributed by atoms with van der Waals surface area (Å²) in [5, 5.41) is 3.82. The zero-order valence-electron chi connectivity index (χ0n) is 16.3. The molecule has 1 aliphatic heterocycles. The SMILES string of the molecule is Cc1cncc2cnc(NC[C@@]3(F)CCCN(C(=O)OC(C)(C)C)C3)nc12. The Bertz CT molecular complexity index is 838. The Labute approximate surface area is 158 Å². The monoisotopic (exact) mass is 375 g/mol. The van der Waals surface area contributed by atoms with Gasteiger partial charge in [-0.2, -0.15) is 0 Å². The molecule has 3 rings (SSSR count). The highest BCUT2D eigenvalue weighted by molar-refractivity contribution is 5.80. The number of ether oxygens (including phenoxy) is 1. The summed E-state index contributed by atoms with van der Waals surface area (Å²) in [6, 6.07) is 0. The van der Waals surface area contributed by atoms with Crippen molar-refractivity contribution < 1.29 is 13.9 Å². The second kappa shape index (κ2) is 7.25. The van der Waals surface area contributed by atoms with Crippen molar-refractivity contribution in [1.29, 1.82) is 0 Å². The minimum atomic E-state index is -1.55. The van der Waals surface area contributed by atoms with Crippen LogP contribution in [0.4, 0.5) is 15.1 Å². The van der Waals surface area contributed by atoms with Gasteiger partial charge in [-0.1, -0.05) is 0 Å². The van der Waals surface area contributed by atoms with E-state index in [9.17, 15) is 4.79 Å². The Morgan fingerprint density at radius 1 is 1.37 bits per heavy atom. The minimum Gasteiger partial charge on any atom is -0.444 e. The van der Waals surface area contributed by atoms with E-state index in [-0.39, 0.29) is 13.1 Å². The van der Waals surface area contributed by atoms with Crippen molar-refractivity contribution in [2.75, 3.05) is 25.0 Å². The van der Waals surface area contributed by atoms with E-state index in [1.165, 1.54) is 4.90 Å². The summed E-state index contributed by atoms with van der Waals surface area (Å²) in [7, 11) is 0. The fourth-order valence-corrected chi connectivity index (χ4v) is 3.13. The standard InChI is InChI=1S/C19H26FN5O2/c1-13-8-21-9-14-10-22-16(24-15(13)14)23-11-19(20)6-5-7-25(12-19)17(26)27-18(2,3)4/h8-10H,5-7,11-12H2,1-4H3,(H,22,23,24)/t19-/m0/s1. The molecule has 7 nitrogen and oxygen atoms in total. The van der Waals surface area contributed by atoms with E-state index in [1.54, 1.807) is 39.4 Å². The molecule has 0 bridgehead atoms. The van der Waals surface area contributed by atoms with Gasteiger partial charge in [0, 0.05) is 30.5 Å². The number of halogens is 1. The molecule has 1 N–H and O–H groups in total. The van der Waals surface area contributed by atoms with Gasteiger partial charge in [-0.3, -0.25) is 4.98 Å². The van der Waals surface area contributed by atoms with Crippen molar-refractivity contribution >= 4 is 22.9 Å². The van der Waals surface area contributed by atoms with Crippen LogP contribution in [-0.4, -0.2) is 56.8 Å². The Morgan fingerprint density at radius 2 is 2.15 bits per heavy atom. The molecular weight excluding hydrogens is 349 g/mol. The number of carbonyl (C=O) groups excluding carboxylic acids is 1. The molecule has 1 amide bonds. The minimum absolute atomic E-state index is 0.00849. The van der Waals surface area contributed by atoms with Crippen LogP contribution in [0.5, 0.6) is 0 Å². The summed E-state index contributed by atoms with van der Waals surface area (Å²) in [6.07, 6.45) is 5.58. The summed E-state index contributed by atoms with van der Waals surface area (Å²) < 4.78 is 20.7. The van der Waals surface area contributed by atoms with Gasteiger partial charge in [0.05, 0.1) is 18.6 Å². The number of amides is 1. The summed E-state index contributed by atoms with van der Waals surface area (Å²) >= 11 is 0. The Hall–Kier alpha value is -2.51. The summed E-state index contributed by atoms with van der Waals surface area (Å²) in [5.41, 5.74) is -0.436. The second-order valence-corrected chi connectivity index (χ2v) is 8.10. The van der Waals surface area contributed by atoms with Gasteiger partial charge in [0.15, 0.2) is 0 Å². The number of nitrogens with one attached hydrogen (secondary N) is 1. The van der Waals surface area contributed by atoms with Crippen LogP contribution in [0, 0.1) is 6.92 Å². The van der Waals surface area contributed by atoms with Gasteiger partial charge < -0.3 is 15.0 Å². The Balaban J connectivity index is 1.66. The van der Waals surface area contributed by atoms with Crippen LogP contribution in [0.25, 0.3) is 10.9 Å². The quantitative estimate of drug-likeness (QED) is 0.885. The van der Waals surface area contributed by atoms with Gasteiger partial charge in [0.1, 0.15) is 11.3 Å². The van der Waals surface area contributed by atoms with Crippen molar-refractivity contribution in [2.24, 2.45) is 0 Å². The Kier molecular flexibility index (Phi) is 5.17. The number of alkyl halides is 1. The van der Waals surface area contributed by atoms with Gasteiger partial charge in [-0.15, -0.1) is 0 Å². The lowest BCUT2D eigenvalue weighted by atomic mass is 9.95. The number of pyridine rings is 1. The summed E-state index contributed by atoms with van der Waals surface area (Å²) in [5.74, 6) is 0.364. The fourth-order valence-electron chi connectivity index (χ4n) is 3.13. The average molecular weight is 375 g/mol. The molecular formula is C19H26FN5O2. The van der Waals surface area contributed by atoms with Crippen LogP contribution in [0.15, 0.2) is 18.6 Å². The predicted octanol–water partition coefficient (Wildman–Crippen LogP) is 3.48. The lowest BCUT2D eigenvalue weighted by Crippen LogP contribution is -2.52. The van der Waals surface area contributed by atoms with Crippen molar-refractivity contribution in [1.82, 2.24) is 19.9 Å². The molecule has 1 saturated heterocycles. The maximum absolute atomic E-state index is 15.3. The topological polar surface area (TPSA) is 80.2 Å². The number of likely N-dealkylation sites (tertiary alicyclic amines) is 1. The number of anilines is 1. The van der Waals surface area contributed by atoms with Gasteiger partial charge in [0.2, 0.25) is 5.95 Å². The number of rotatable bonds is 3. The normalized spacial score (nSPS) is 20.6. The number of nitrogens with zero attached hydrogens (tertiary/aromatic N) is 4. The van der Waals surface area contributed by atoms with Crippen LogP contribution in [0.1, 0.15) is 39.2 Å². The highest BCUT2D eigenvalue weighted by Gasteiger charge is 2.38. The molecule has 1 atom stereocenters. The lowest BCUT2D eigenvalue weighted by Gasteiger charge is -2.38. The number of aryl methyl sites for hydroxylation is 1. The highest BCUT2D eigenvalue weighted by atomic mass is 19.1. The van der Waals surface area contributed by atoms with Crippen molar-refractivity contribution in [3.63, 3.8) is 0 Å². The van der Waals surface area contributed by atoms with Crippen LogP contribution in [0.3, 0.4) is 0 Å². The van der Waals surface area contributed by atoms with Crippen LogP contribution in [-0.2, 0) is 4.74 Å². The van der Waals surface area contributed by atoms with E-state index >= 15 is 4.39 Å². The predicted molar refractivity (Wildman–Crippen MR) is 101 cm³/mol. The zero-order valence-corrected chi connectivity index (χ0v) is 16.3. The van der Waals surface area contributed by atoms with Gasteiger partial charge in [-0.05, 0) is 46.1 Å². The van der Waals surface area contributed by atoms with Gasteiger partial charge in [-0.25, -0.2) is 19.2 Å². The number of fused-ring (bicyclic) bond motifs is 1. The first-order valence-electron chi connectivity index (χ1n) is 9.13. The second-order valence-electron chi connectivity index (χ2n) is 8.10. The lowest BCUT2D eigenvalue weighted by molar-refractivity contribution is -0.00211. The molecule has 3 heterocycles. The third kappa shape index (κ3) is 4.81. The van der Waals surface area contributed by atoms with Gasteiger partial charge in [0.25, 0.3) is 0 Å². The molecule has 2 aromatic heterocycles. The molecule has 2 aromatic rings. The maximum Gasteiger partial charge on any atom is 0.410 e. The van der Waals surface area contributed by atoms with E-state index in [4.69, 9.17) is 4.74 Å².